The highest BCUT2D eigenvalue weighted by Gasteiger charge is 2.26. The molecule has 3 rings (SSSR count). The highest BCUT2D eigenvalue weighted by molar-refractivity contribution is 7.90. The molecule has 3 aromatic rings. The highest BCUT2D eigenvalue weighted by Crippen LogP contribution is 2.32. The molecular formula is C16H12F2N2O4S. The first kappa shape index (κ1) is 17.0. The first-order chi connectivity index (χ1) is 11.7. The van der Waals surface area contributed by atoms with Gasteiger partial charge in [0.2, 0.25) is 0 Å². The standard InChI is InChI=1S/C16H12F2N2O4S/c1-25(23,24)14-7-10(16(21)22)9(15(17)18)6-13(14)20-8-19-11-4-2-3-5-12(11)20/h2-8,15H,1H3,(H,21,22). The number of rotatable bonds is 4. The first-order valence-corrected chi connectivity index (χ1v) is 8.91. The Morgan fingerprint density at radius 2 is 1.92 bits per heavy atom. The lowest BCUT2D eigenvalue weighted by Gasteiger charge is -2.14. The van der Waals surface area contributed by atoms with Gasteiger partial charge in [-0.2, -0.15) is 0 Å². The molecule has 0 saturated heterocycles. The molecule has 0 saturated carbocycles. The fourth-order valence-electron chi connectivity index (χ4n) is 2.59. The number of carboxylic acid groups (broad SMARTS) is 1. The SMILES string of the molecule is CS(=O)(=O)c1cc(C(=O)O)c(C(F)F)cc1-n1cnc2ccccc21. The minimum atomic E-state index is -3.88. The molecule has 6 nitrogen and oxygen atoms in total. The molecule has 0 aliphatic rings. The number of nitrogens with zero attached hydrogens (tertiary/aromatic N) is 2. The van der Waals surface area contributed by atoms with E-state index in [1.165, 1.54) is 10.9 Å². The molecule has 0 bridgehead atoms. The molecule has 0 atom stereocenters. The van der Waals surface area contributed by atoms with Crippen LogP contribution in [-0.2, 0) is 9.84 Å². The molecule has 130 valence electrons. The molecule has 1 aromatic heterocycles. The number of aromatic nitrogens is 2. The molecule has 0 aliphatic carbocycles. The van der Waals surface area contributed by atoms with Crippen LogP contribution in [0.4, 0.5) is 8.78 Å². The summed E-state index contributed by atoms with van der Waals surface area (Å²) in [6, 6.07) is 8.42. The lowest BCUT2D eigenvalue weighted by Crippen LogP contribution is -2.11. The van der Waals surface area contributed by atoms with Crippen molar-refractivity contribution in [1.82, 2.24) is 9.55 Å². The molecular weight excluding hydrogens is 354 g/mol. The summed E-state index contributed by atoms with van der Waals surface area (Å²) in [4.78, 5) is 15.0. The summed E-state index contributed by atoms with van der Waals surface area (Å²) in [7, 11) is -3.88. The highest BCUT2D eigenvalue weighted by atomic mass is 32.2. The maximum atomic E-state index is 13.3. The molecule has 0 aliphatic heterocycles. The van der Waals surface area contributed by atoms with Gasteiger partial charge in [0.1, 0.15) is 6.33 Å². The van der Waals surface area contributed by atoms with Crippen LogP contribution in [-0.4, -0.2) is 35.3 Å². The van der Waals surface area contributed by atoms with Crippen LogP contribution in [0.15, 0.2) is 47.6 Å². The zero-order chi connectivity index (χ0) is 18.4. The van der Waals surface area contributed by atoms with Gasteiger partial charge in [-0.15, -0.1) is 0 Å². The Labute approximate surface area is 141 Å². The number of hydrogen-bond donors (Lipinski definition) is 1. The van der Waals surface area contributed by atoms with E-state index >= 15 is 0 Å². The third kappa shape index (κ3) is 2.98. The minimum absolute atomic E-state index is 0.0727. The summed E-state index contributed by atoms with van der Waals surface area (Å²) in [6.07, 6.45) is -0.878. The number of halogens is 2. The second-order valence-corrected chi connectivity index (χ2v) is 7.37. The Kier molecular flexibility index (Phi) is 4.03. The number of fused-ring (bicyclic) bond motifs is 1. The summed E-state index contributed by atoms with van der Waals surface area (Å²) in [5.41, 5.74) is -0.522. The molecule has 1 heterocycles. The normalized spacial score (nSPS) is 12.0. The van der Waals surface area contributed by atoms with Gasteiger partial charge in [-0.05, 0) is 24.3 Å². The Morgan fingerprint density at radius 1 is 1.24 bits per heavy atom. The van der Waals surface area contributed by atoms with Crippen molar-refractivity contribution in [3.63, 3.8) is 0 Å². The van der Waals surface area contributed by atoms with E-state index < -0.39 is 33.4 Å². The third-order valence-corrected chi connectivity index (χ3v) is 4.84. The molecule has 9 heteroatoms. The predicted molar refractivity (Wildman–Crippen MR) is 86.1 cm³/mol. The van der Waals surface area contributed by atoms with Crippen molar-refractivity contribution in [3.05, 3.63) is 53.9 Å². The Hall–Kier alpha value is -2.81. The molecule has 0 spiro atoms. The van der Waals surface area contributed by atoms with E-state index in [1.54, 1.807) is 24.3 Å². The molecule has 0 unspecified atom stereocenters. The van der Waals surface area contributed by atoms with E-state index in [4.69, 9.17) is 5.11 Å². The average Bonchev–Trinajstić information content (AvgIpc) is 2.96. The van der Waals surface area contributed by atoms with Gasteiger partial charge >= 0.3 is 5.97 Å². The van der Waals surface area contributed by atoms with Crippen molar-refractivity contribution in [2.75, 3.05) is 6.26 Å². The van der Waals surface area contributed by atoms with Crippen LogP contribution in [0, 0.1) is 0 Å². The number of benzene rings is 2. The number of carboxylic acids is 1. The lowest BCUT2D eigenvalue weighted by atomic mass is 10.1. The number of aromatic carboxylic acids is 1. The Balaban J connectivity index is 2.42. The zero-order valence-corrected chi connectivity index (χ0v) is 13.7. The number of hydrogen-bond acceptors (Lipinski definition) is 4. The average molecular weight is 366 g/mol. The lowest BCUT2D eigenvalue weighted by molar-refractivity contribution is 0.0684. The van der Waals surface area contributed by atoms with Gasteiger partial charge < -0.3 is 5.11 Å². The van der Waals surface area contributed by atoms with E-state index in [9.17, 15) is 22.0 Å². The number of alkyl halides is 2. The second-order valence-electron chi connectivity index (χ2n) is 5.39. The molecule has 25 heavy (non-hydrogen) atoms. The summed E-state index contributed by atoms with van der Waals surface area (Å²) >= 11 is 0. The zero-order valence-electron chi connectivity index (χ0n) is 12.8. The maximum Gasteiger partial charge on any atom is 0.336 e. The Morgan fingerprint density at radius 3 is 2.52 bits per heavy atom. The van der Waals surface area contributed by atoms with Crippen LogP contribution < -0.4 is 0 Å². The summed E-state index contributed by atoms with van der Waals surface area (Å²) in [5.74, 6) is -1.62. The largest absolute Gasteiger partial charge is 0.478 e. The Bertz CT molecular complexity index is 1090. The fourth-order valence-corrected chi connectivity index (χ4v) is 3.46. The minimum Gasteiger partial charge on any atom is -0.478 e. The van der Waals surface area contributed by atoms with E-state index in [1.807, 2.05) is 0 Å². The van der Waals surface area contributed by atoms with Crippen LogP contribution in [0.5, 0.6) is 0 Å². The van der Waals surface area contributed by atoms with Gasteiger partial charge in [0, 0.05) is 11.8 Å². The monoisotopic (exact) mass is 366 g/mol. The van der Waals surface area contributed by atoms with Crippen LogP contribution >= 0.6 is 0 Å². The first-order valence-electron chi connectivity index (χ1n) is 7.02. The van der Waals surface area contributed by atoms with E-state index in [-0.39, 0.29) is 10.6 Å². The molecule has 0 amide bonds. The van der Waals surface area contributed by atoms with Crippen molar-refractivity contribution in [1.29, 1.82) is 0 Å². The van der Waals surface area contributed by atoms with E-state index in [0.717, 1.165) is 18.4 Å². The fraction of sp³-hybridized carbons (Fsp3) is 0.125. The summed E-state index contributed by atoms with van der Waals surface area (Å²) < 4.78 is 52.2. The van der Waals surface area contributed by atoms with Gasteiger partial charge in [0.25, 0.3) is 6.43 Å². The topological polar surface area (TPSA) is 89.3 Å². The number of imidazole rings is 1. The van der Waals surface area contributed by atoms with Crippen LogP contribution in [0.2, 0.25) is 0 Å². The van der Waals surface area contributed by atoms with Gasteiger partial charge in [-0.1, -0.05) is 12.1 Å². The van der Waals surface area contributed by atoms with E-state index in [0.29, 0.717) is 11.0 Å². The summed E-state index contributed by atoms with van der Waals surface area (Å²) in [6.45, 7) is 0. The molecule has 0 radical (unpaired) electrons. The van der Waals surface area contributed by atoms with Gasteiger partial charge in [-0.3, -0.25) is 4.57 Å². The quantitative estimate of drug-likeness (QED) is 0.766. The molecule has 2 aromatic carbocycles. The second kappa shape index (κ2) is 5.92. The van der Waals surface area contributed by atoms with Crippen molar-refractivity contribution in [2.24, 2.45) is 0 Å². The van der Waals surface area contributed by atoms with Gasteiger partial charge in [-0.25, -0.2) is 27.0 Å². The van der Waals surface area contributed by atoms with Crippen molar-refractivity contribution < 1.29 is 27.1 Å². The van der Waals surface area contributed by atoms with Crippen molar-refractivity contribution in [3.8, 4) is 5.69 Å². The summed E-state index contributed by atoms with van der Waals surface area (Å²) in [5, 5.41) is 9.15. The van der Waals surface area contributed by atoms with Crippen molar-refractivity contribution in [2.45, 2.75) is 11.3 Å². The number of para-hydroxylation sites is 2. The maximum absolute atomic E-state index is 13.3. The molecule has 1 N–H and O–H groups in total. The van der Waals surface area contributed by atoms with Crippen molar-refractivity contribution >= 4 is 26.8 Å². The smallest absolute Gasteiger partial charge is 0.336 e. The predicted octanol–water partition coefficient (Wildman–Crippen LogP) is 3.06. The number of sulfone groups is 1. The number of carbonyl (C=O) groups is 1. The van der Waals surface area contributed by atoms with Gasteiger partial charge in [0.15, 0.2) is 9.84 Å². The molecule has 0 fully saturated rings. The van der Waals surface area contributed by atoms with Crippen LogP contribution in [0.3, 0.4) is 0 Å². The van der Waals surface area contributed by atoms with Crippen LogP contribution in [0.1, 0.15) is 22.3 Å². The van der Waals surface area contributed by atoms with Crippen LogP contribution in [0.25, 0.3) is 16.7 Å². The van der Waals surface area contributed by atoms with E-state index in [2.05, 4.69) is 4.98 Å². The van der Waals surface area contributed by atoms with Gasteiger partial charge in [0.05, 0.1) is 27.2 Å². The third-order valence-electron chi connectivity index (χ3n) is 3.71.